The predicted molar refractivity (Wildman–Crippen MR) is 76.4 cm³/mol. The smallest absolute Gasteiger partial charge is 0.0593 e. The molecule has 0 radical (unpaired) electrons. The Hall–Kier alpha value is -0.210. The molecule has 1 aromatic carbocycles. The van der Waals surface area contributed by atoms with Crippen molar-refractivity contribution < 1.29 is 0 Å². The number of unbranched alkanes of at least 4 members (excludes halogenated alkanes) is 1. The Morgan fingerprint density at radius 2 is 2.12 bits per heavy atom. The number of hydrogen-bond donors (Lipinski definition) is 1. The number of halogens is 2. The number of rotatable bonds is 6. The lowest BCUT2D eigenvalue weighted by molar-refractivity contribution is 0.593. The molecule has 3 heteroatoms. The fraction of sp³-hybridized carbons (Fsp3) is 0.538. The summed E-state index contributed by atoms with van der Waals surface area (Å²) in [7, 11) is 0. The molecular weight excluding hydrogens is 286 g/mol. The average Bonchev–Trinajstić information content (AvgIpc) is 2.30. The van der Waals surface area contributed by atoms with Crippen LogP contribution in [0, 0.1) is 0 Å². The normalized spacial score (nSPS) is 12.5. The van der Waals surface area contributed by atoms with Gasteiger partial charge in [-0.3, -0.25) is 0 Å². The van der Waals surface area contributed by atoms with Gasteiger partial charge in [0.25, 0.3) is 0 Å². The van der Waals surface area contributed by atoms with Crippen LogP contribution in [-0.4, -0.2) is 6.04 Å². The van der Waals surface area contributed by atoms with Gasteiger partial charge in [-0.2, -0.15) is 0 Å². The zero-order valence-electron chi connectivity index (χ0n) is 9.89. The summed E-state index contributed by atoms with van der Waals surface area (Å²) in [4.78, 5) is 0. The summed E-state index contributed by atoms with van der Waals surface area (Å²) < 4.78 is 0.964. The molecule has 0 aliphatic rings. The highest BCUT2D eigenvalue weighted by Crippen LogP contribution is 2.31. The van der Waals surface area contributed by atoms with E-state index in [0.29, 0.717) is 6.04 Å². The standard InChI is InChI=1S/C13H19BrClN/c1-3-5-7-10(4-2)16-12-9-6-8-11(15)13(12)14/h6,8-10,16H,3-5,7H2,1-2H3. The third-order valence-electron chi connectivity index (χ3n) is 2.71. The maximum absolute atomic E-state index is 6.06. The molecule has 0 spiro atoms. The Balaban J connectivity index is 2.66. The van der Waals surface area contributed by atoms with Crippen molar-refractivity contribution >= 4 is 33.2 Å². The molecule has 1 N–H and O–H groups in total. The van der Waals surface area contributed by atoms with Gasteiger partial charge in [0, 0.05) is 6.04 Å². The highest BCUT2D eigenvalue weighted by Gasteiger charge is 2.09. The van der Waals surface area contributed by atoms with Gasteiger partial charge < -0.3 is 5.32 Å². The maximum atomic E-state index is 6.06. The van der Waals surface area contributed by atoms with E-state index in [1.165, 1.54) is 19.3 Å². The van der Waals surface area contributed by atoms with E-state index in [2.05, 4.69) is 41.2 Å². The van der Waals surface area contributed by atoms with Crippen LogP contribution in [0.5, 0.6) is 0 Å². The Labute approximate surface area is 112 Å². The van der Waals surface area contributed by atoms with Gasteiger partial charge in [-0.15, -0.1) is 0 Å². The van der Waals surface area contributed by atoms with E-state index < -0.39 is 0 Å². The van der Waals surface area contributed by atoms with Crippen molar-refractivity contribution in [2.75, 3.05) is 5.32 Å². The minimum absolute atomic E-state index is 0.537. The molecule has 1 aromatic rings. The third-order valence-corrected chi connectivity index (χ3v) is 4.11. The molecule has 0 bridgehead atoms. The van der Waals surface area contributed by atoms with Crippen molar-refractivity contribution in [3.8, 4) is 0 Å². The van der Waals surface area contributed by atoms with Gasteiger partial charge in [-0.05, 0) is 40.9 Å². The van der Waals surface area contributed by atoms with Crippen LogP contribution in [0.15, 0.2) is 22.7 Å². The lowest BCUT2D eigenvalue weighted by atomic mass is 10.1. The van der Waals surface area contributed by atoms with Crippen LogP contribution in [0.4, 0.5) is 5.69 Å². The van der Waals surface area contributed by atoms with Gasteiger partial charge in [-0.1, -0.05) is 44.4 Å². The monoisotopic (exact) mass is 303 g/mol. The molecule has 0 aliphatic carbocycles. The number of anilines is 1. The number of nitrogens with one attached hydrogen (secondary N) is 1. The second-order valence-electron chi connectivity index (χ2n) is 3.99. The molecule has 0 heterocycles. The summed E-state index contributed by atoms with van der Waals surface area (Å²) in [5.74, 6) is 0. The maximum Gasteiger partial charge on any atom is 0.0593 e. The molecule has 0 aliphatic heterocycles. The highest BCUT2D eigenvalue weighted by atomic mass is 79.9. The minimum atomic E-state index is 0.537. The van der Waals surface area contributed by atoms with E-state index in [0.717, 1.165) is 21.6 Å². The molecular formula is C13H19BrClN. The molecule has 1 unspecified atom stereocenters. The average molecular weight is 305 g/mol. The van der Waals surface area contributed by atoms with Gasteiger partial charge >= 0.3 is 0 Å². The van der Waals surface area contributed by atoms with Gasteiger partial charge in [0.2, 0.25) is 0 Å². The van der Waals surface area contributed by atoms with E-state index in [1.807, 2.05) is 12.1 Å². The van der Waals surface area contributed by atoms with E-state index in [1.54, 1.807) is 0 Å². The molecule has 0 saturated heterocycles. The molecule has 1 atom stereocenters. The Morgan fingerprint density at radius 3 is 2.75 bits per heavy atom. The first-order valence-corrected chi connectivity index (χ1v) is 7.06. The van der Waals surface area contributed by atoms with Gasteiger partial charge in [0.15, 0.2) is 0 Å². The second kappa shape index (κ2) is 7.18. The van der Waals surface area contributed by atoms with Crippen molar-refractivity contribution in [2.45, 2.75) is 45.6 Å². The van der Waals surface area contributed by atoms with Crippen LogP contribution in [0.25, 0.3) is 0 Å². The SMILES string of the molecule is CCCCC(CC)Nc1cccc(Cl)c1Br. The molecule has 0 saturated carbocycles. The topological polar surface area (TPSA) is 12.0 Å². The quantitative estimate of drug-likeness (QED) is 0.733. The summed E-state index contributed by atoms with van der Waals surface area (Å²) >= 11 is 9.57. The van der Waals surface area contributed by atoms with Crippen molar-refractivity contribution in [2.24, 2.45) is 0 Å². The summed E-state index contributed by atoms with van der Waals surface area (Å²) in [5.41, 5.74) is 1.09. The van der Waals surface area contributed by atoms with Crippen LogP contribution in [0.2, 0.25) is 5.02 Å². The molecule has 0 fully saturated rings. The van der Waals surface area contributed by atoms with Crippen LogP contribution in [0.1, 0.15) is 39.5 Å². The number of benzene rings is 1. The lowest BCUT2D eigenvalue weighted by Crippen LogP contribution is -2.18. The number of hydrogen-bond acceptors (Lipinski definition) is 1. The van der Waals surface area contributed by atoms with Gasteiger partial charge in [0.1, 0.15) is 0 Å². The fourth-order valence-corrected chi connectivity index (χ4v) is 2.22. The van der Waals surface area contributed by atoms with Gasteiger partial charge in [0.05, 0.1) is 15.2 Å². The zero-order valence-corrected chi connectivity index (χ0v) is 12.2. The Morgan fingerprint density at radius 1 is 1.38 bits per heavy atom. The van der Waals surface area contributed by atoms with Gasteiger partial charge in [-0.25, -0.2) is 0 Å². The van der Waals surface area contributed by atoms with Crippen LogP contribution >= 0.6 is 27.5 Å². The first-order valence-electron chi connectivity index (χ1n) is 5.89. The van der Waals surface area contributed by atoms with Crippen LogP contribution in [-0.2, 0) is 0 Å². The molecule has 0 aromatic heterocycles. The molecule has 16 heavy (non-hydrogen) atoms. The van der Waals surface area contributed by atoms with Crippen molar-refractivity contribution in [3.05, 3.63) is 27.7 Å². The summed E-state index contributed by atoms with van der Waals surface area (Å²) in [6, 6.07) is 6.46. The Kier molecular flexibility index (Phi) is 6.22. The second-order valence-corrected chi connectivity index (χ2v) is 5.19. The Bertz CT molecular complexity index is 328. The summed E-state index contributed by atoms with van der Waals surface area (Å²) in [6.45, 7) is 4.44. The van der Waals surface area contributed by atoms with Crippen LogP contribution < -0.4 is 5.32 Å². The lowest BCUT2D eigenvalue weighted by Gasteiger charge is -2.19. The first-order chi connectivity index (χ1) is 7.69. The summed E-state index contributed by atoms with van der Waals surface area (Å²) in [6.07, 6.45) is 4.86. The zero-order chi connectivity index (χ0) is 12.0. The molecule has 90 valence electrons. The molecule has 1 rings (SSSR count). The first kappa shape index (κ1) is 13.9. The predicted octanol–water partition coefficient (Wildman–Crippen LogP) is 5.48. The summed E-state index contributed by atoms with van der Waals surface area (Å²) in [5, 5.41) is 4.30. The van der Waals surface area contributed by atoms with Crippen molar-refractivity contribution in [3.63, 3.8) is 0 Å². The fourth-order valence-electron chi connectivity index (χ4n) is 1.66. The third kappa shape index (κ3) is 3.99. The van der Waals surface area contributed by atoms with E-state index in [-0.39, 0.29) is 0 Å². The van der Waals surface area contributed by atoms with Crippen molar-refractivity contribution in [1.29, 1.82) is 0 Å². The van der Waals surface area contributed by atoms with E-state index in [4.69, 9.17) is 11.6 Å². The van der Waals surface area contributed by atoms with E-state index >= 15 is 0 Å². The molecule has 1 nitrogen and oxygen atoms in total. The highest BCUT2D eigenvalue weighted by molar-refractivity contribution is 9.10. The minimum Gasteiger partial charge on any atom is -0.381 e. The molecule has 0 amide bonds. The van der Waals surface area contributed by atoms with Crippen molar-refractivity contribution in [1.82, 2.24) is 0 Å². The van der Waals surface area contributed by atoms with E-state index in [9.17, 15) is 0 Å². The largest absolute Gasteiger partial charge is 0.381 e. The van der Waals surface area contributed by atoms with Crippen LogP contribution in [0.3, 0.4) is 0 Å².